The third kappa shape index (κ3) is 2.25. The van der Waals surface area contributed by atoms with Crippen LogP contribution in [0.25, 0.3) is 6.08 Å². The molecule has 3 nitrogen and oxygen atoms in total. The molecular formula is C14H14O3. The second-order valence-corrected chi connectivity index (χ2v) is 4.11. The maximum absolute atomic E-state index is 5.80. The van der Waals surface area contributed by atoms with Crippen molar-refractivity contribution in [3.8, 4) is 0 Å². The molecule has 0 aliphatic carbocycles. The van der Waals surface area contributed by atoms with Crippen LogP contribution in [-0.2, 0) is 14.2 Å². The summed E-state index contributed by atoms with van der Waals surface area (Å²) in [6.07, 6.45) is 5.84. The molecule has 0 saturated carbocycles. The highest BCUT2D eigenvalue weighted by Crippen LogP contribution is 2.30. The SMILES string of the molecule is C1=CC2(COCCO2)O/C1=C/c1ccccc1. The maximum atomic E-state index is 5.80. The Morgan fingerprint density at radius 2 is 2.00 bits per heavy atom. The average Bonchev–Trinajstić information content (AvgIpc) is 2.74. The van der Waals surface area contributed by atoms with Crippen molar-refractivity contribution in [2.45, 2.75) is 5.79 Å². The van der Waals surface area contributed by atoms with E-state index in [1.807, 2.05) is 48.6 Å². The van der Waals surface area contributed by atoms with Crippen LogP contribution in [-0.4, -0.2) is 25.6 Å². The smallest absolute Gasteiger partial charge is 0.254 e. The van der Waals surface area contributed by atoms with Gasteiger partial charge in [0.1, 0.15) is 12.4 Å². The highest BCUT2D eigenvalue weighted by molar-refractivity contribution is 5.54. The van der Waals surface area contributed by atoms with Crippen molar-refractivity contribution in [2.75, 3.05) is 19.8 Å². The summed E-state index contributed by atoms with van der Waals surface area (Å²) in [5, 5.41) is 0. The van der Waals surface area contributed by atoms with E-state index in [9.17, 15) is 0 Å². The first-order valence-electron chi connectivity index (χ1n) is 5.73. The third-order valence-corrected chi connectivity index (χ3v) is 2.78. The Kier molecular flexibility index (Phi) is 2.71. The van der Waals surface area contributed by atoms with E-state index in [4.69, 9.17) is 14.2 Å². The summed E-state index contributed by atoms with van der Waals surface area (Å²) in [5.74, 6) is 0.112. The van der Waals surface area contributed by atoms with Gasteiger partial charge in [-0.2, -0.15) is 0 Å². The minimum absolute atomic E-state index is 0.454. The van der Waals surface area contributed by atoms with Crippen molar-refractivity contribution in [1.29, 1.82) is 0 Å². The fraction of sp³-hybridized carbons (Fsp3) is 0.286. The van der Waals surface area contributed by atoms with Crippen molar-refractivity contribution in [3.05, 3.63) is 53.8 Å². The molecule has 0 amide bonds. The number of hydrogen-bond acceptors (Lipinski definition) is 3. The van der Waals surface area contributed by atoms with E-state index in [0.717, 1.165) is 11.3 Å². The van der Waals surface area contributed by atoms with Gasteiger partial charge >= 0.3 is 0 Å². The zero-order valence-electron chi connectivity index (χ0n) is 9.46. The van der Waals surface area contributed by atoms with Gasteiger partial charge in [-0.25, -0.2) is 0 Å². The lowest BCUT2D eigenvalue weighted by molar-refractivity contribution is -0.239. The maximum Gasteiger partial charge on any atom is 0.254 e. The summed E-state index contributed by atoms with van der Waals surface area (Å²) in [4.78, 5) is 0. The lowest BCUT2D eigenvalue weighted by Gasteiger charge is -2.31. The second kappa shape index (κ2) is 4.35. The van der Waals surface area contributed by atoms with Crippen LogP contribution in [0.4, 0.5) is 0 Å². The topological polar surface area (TPSA) is 27.7 Å². The highest BCUT2D eigenvalue weighted by Gasteiger charge is 2.37. The third-order valence-electron chi connectivity index (χ3n) is 2.78. The molecule has 3 heteroatoms. The quantitative estimate of drug-likeness (QED) is 0.741. The Morgan fingerprint density at radius 1 is 1.12 bits per heavy atom. The Labute approximate surface area is 100 Å². The standard InChI is InChI=1S/C14H14O3/c1-2-4-12(5-3-1)10-13-6-7-14(17-13)11-15-8-9-16-14/h1-7,10H,8-9,11H2/b13-10+. The van der Waals surface area contributed by atoms with Crippen LogP contribution in [0.1, 0.15) is 5.56 Å². The zero-order chi connectivity index (χ0) is 11.6. The van der Waals surface area contributed by atoms with Crippen molar-refractivity contribution < 1.29 is 14.2 Å². The summed E-state index contributed by atoms with van der Waals surface area (Å²) in [7, 11) is 0. The monoisotopic (exact) mass is 230 g/mol. The van der Waals surface area contributed by atoms with Crippen LogP contribution in [0.5, 0.6) is 0 Å². The van der Waals surface area contributed by atoms with Gasteiger partial charge in [0.15, 0.2) is 0 Å². The van der Waals surface area contributed by atoms with Crippen LogP contribution in [0.3, 0.4) is 0 Å². The summed E-state index contributed by atoms with van der Waals surface area (Å²) in [5.41, 5.74) is 1.11. The molecule has 0 bridgehead atoms. The van der Waals surface area contributed by atoms with E-state index in [-0.39, 0.29) is 0 Å². The first kappa shape index (κ1) is 10.6. The molecule has 1 unspecified atom stereocenters. The lowest BCUT2D eigenvalue weighted by atomic mass is 10.2. The predicted molar refractivity (Wildman–Crippen MR) is 64.1 cm³/mol. The van der Waals surface area contributed by atoms with Crippen molar-refractivity contribution in [1.82, 2.24) is 0 Å². The minimum Gasteiger partial charge on any atom is -0.456 e. The Balaban J connectivity index is 1.76. The molecule has 0 radical (unpaired) electrons. The fourth-order valence-electron chi connectivity index (χ4n) is 1.95. The van der Waals surface area contributed by atoms with Gasteiger partial charge in [-0.1, -0.05) is 30.3 Å². The van der Waals surface area contributed by atoms with Gasteiger partial charge < -0.3 is 14.2 Å². The molecule has 1 aromatic rings. The van der Waals surface area contributed by atoms with Crippen molar-refractivity contribution >= 4 is 6.08 Å². The molecule has 0 aromatic heterocycles. The summed E-state index contributed by atoms with van der Waals surface area (Å²) < 4.78 is 16.8. The van der Waals surface area contributed by atoms with E-state index < -0.39 is 5.79 Å². The number of rotatable bonds is 1. The van der Waals surface area contributed by atoms with Gasteiger partial charge in [-0.05, 0) is 23.8 Å². The van der Waals surface area contributed by atoms with E-state index >= 15 is 0 Å². The van der Waals surface area contributed by atoms with E-state index in [0.29, 0.717) is 19.8 Å². The van der Waals surface area contributed by atoms with Crippen molar-refractivity contribution in [2.24, 2.45) is 0 Å². The Morgan fingerprint density at radius 3 is 2.76 bits per heavy atom. The van der Waals surface area contributed by atoms with Gasteiger partial charge in [0.25, 0.3) is 5.79 Å². The van der Waals surface area contributed by atoms with Gasteiger partial charge in [-0.15, -0.1) is 0 Å². The molecule has 3 rings (SSSR count). The summed E-state index contributed by atoms with van der Waals surface area (Å²) in [6.45, 7) is 1.66. The van der Waals surface area contributed by atoms with E-state index in [2.05, 4.69) is 0 Å². The number of benzene rings is 1. The number of hydrogen-bond donors (Lipinski definition) is 0. The molecule has 0 N–H and O–H groups in total. The predicted octanol–water partition coefficient (Wildman–Crippen LogP) is 2.36. The van der Waals surface area contributed by atoms with Gasteiger partial charge in [0.05, 0.1) is 13.2 Å². The van der Waals surface area contributed by atoms with Crippen LogP contribution < -0.4 is 0 Å². The van der Waals surface area contributed by atoms with Gasteiger partial charge in [0.2, 0.25) is 0 Å². The molecule has 2 aliphatic rings. The molecule has 1 spiro atoms. The van der Waals surface area contributed by atoms with Crippen LogP contribution in [0.2, 0.25) is 0 Å². The van der Waals surface area contributed by atoms with E-state index in [1.165, 1.54) is 0 Å². The Hall–Kier alpha value is -1.58. The van der Waals surface area contributed by atoms with Crippen LogP contribution in [0.15, 0.2) is 48.2 Å². The molecule has 88 valence electrons. The van der Waals surface area contributed by atoms with Crippen molar-refractivity contribution in [3.63, 3.8) is 0 Å². The first-order chi connectivity index (χ1) is 8.36. The zero-order valence-corrected chi connectivity index (χ0v) is 9.46. The van der Waals surface area contributed by atoms with Crippen LogP contribution >= 0.6 is 0 Å². The molecule has 1 aromatic carbocycles. The highest BCUT2D eigenvalue weighted by atomic mass is 16.7. The largest absolute Gasteiger partial charge is 0.456 e. The summed E-state index contributed by atoms with van der Waals surface area (Å²) in [6, 6.07) is 10.1. The molecule has 1 saturated heterocycles. The lowest BCUT2D eigenvalue weighted by Crippen LogP contribution is -2.41. The second-order valence-electron chi connectivity index (χ2n) is 4.11. The number of allylic oxidation sites excluding steroid dienone is 1. The molecule has 17 heavy (non-hydrogen) atoms. The average molecular weight is 230 g/mol. The number of ether oxygens (including phenoxy) is 3. The van der Waals surface area contributed by atoms with Crippen LogP contribution in [0, 0.1) is 0 Å². The molecule has 2 aliphatic heterocycles. The fourth-order valence-corrected chi connectivity index (χ4v) is 1.95. The molecule has 2 heterocycles. The molecule has 1 fully saturated rings. The minimum atomic E-state index is -0.696. The first-order valence-corrected chi connectivity index (χ1v) is 5.73. The van der Waals surface area contributed by atoms with E-state index in [1.54, 1.807) is 0 Å². The Bertz CT molecular complexity index is 442. The molecular weight excluding hydrogens is 216 g/mol. The normalized spacial score (nSPS) is 29.8. The molecule has 1 atom stereocenters. The van der Waals surface area contributed by atoms with Gasteiger partial charge in [-0.3, -0.25) is 0 Å². The summed E-state index contributed by atoms with van der Waals surface area (Å²) >= 11 is 0. The van der Waals surface area contributed by atoms with Gasteiger partial charge in [0, 0.05) is 0 Å².